The molecule has 0 aliphatic rings. The fourth-order valence-electron chi connectivity index (χ4n) is 0.642. The molecule has 0 unspecified atom stereocenters. The van der Waals surface area contributed by atoms with E-state index in [9.17, 15) is 0 Å². The minimum atomic E-state index is 0.583. The number of hydrogen-bond acceptors (Lipinski definition) is 0. The summed E-state index contributed by atoms with van der Waals surface area (Å²) in [5.74, 6) is 0. The van der Waals surface area contributed by atoms with E-state index >= 15 is 0 Å². The van der Waals surface area contributed by atoms with Gasteiger partial charge in [0.2, 0.25) is 0 Å². The molecule has 2 rings (SSSR count). The van der Waals surface area contributed by atoms with Gasteiger partial charge < -0.3 is 0 Å². The zero-order valence-electron chi connectivity index (χ0n) is 8.09. The van der Waals surface area contributed by atoms with E-state index in [2.05, 4.69) is 10.6 Å². The first-order chi connectivity index (χ1) is 6.41. The van der Waals surface area contributed by atoms with Gasteiger partial charge in [0.05, 0.1) is 0 Å². The van der Waals surface area contributed by atoms with E-state index in [0.717, 1.165) is 0 Å². The van der Waals surface area contributed by atoms with Gasteiger partial charge in [0.15, 0.2) is 0 Å². The summed E-state index contributed by atoms with van der Waals surface area (Å²) in [7, 11) is 0. The molecule has 0 atom stereocenters. The number of hydrogen-bond donors (Lipinski definition) is 0. The van der Waals surface area contributed by atoms with E-state index in [1.54, 1.807) is 0 Å². The van der Waals surface area contributed by atoms with Gasteiger partial charge in [-0.1, -0.05) is 0 Å². The van der Waals surface area contributed by atoms with E-state index in [1.165, 1.54) is 0 Å². The van der Waals surface area contributed by atoms with Crippen LogP contribution in [-0.2, 0) is 18.6 Å². The topological polar surface area (TPSA) is 0 Å². The molecule has 0 amide bonds. The summed E-state index contributed by atoms with van der Waals surface area (Å²) in [6.07, 6.45) is 0. The van der Waals surface area contributed by atoms with Crippen molar-refractivity contribution < 1.29 is 18.6 Å². The molecule has 2 aromatic carbocycles. The second-order valence-corrected chi connectivity index (χ2v) is 4.51. The Bertz CT molecular complexity index is 157. The molecule has 0 N–H and O–H groups in total. The van der Waals surface area contributed by atoms with E-state index in [0.29, 0.717) is 18.6 Å². The summed E-state index contributed by atoms with van der Waals surface area (Å²) in [5.41, 5.74) is 0. The molecule has 74 valence electrons. The molecule has 0 saturated heterocycles. The third-order valence-electron chi connectivity index (χ3n) is 1.11. The normalized spacial score (nSPS) is 7.85. The van der Waals surface area contributed by atoms with Crippen LogP contribution >= 0.6 is 0 Å². The minimum Gasteiger partial charge on any atom is -0.214 e. The molecule has 0 aliphatic heterocycles. The van der Waals surface area contributed by atoms with Crippen LogP contribution in [0, 0.1) is 0 Å². The predicted octanol–water partition coefficient (Wildman–Crippen LogP) is 3.98. The van der Waals surface area contributed by atoms with E-state index in [1.807, 2.05) is 60.7 Å². The molecular weight excluding hydrogens is 339 g/mol. The van der Waals surface area contributed by atoms with Crippen molar-refractivity contribution in [3.63, 3.8) is 0 Å². The van der Waals surface area contributed by atoms with Crippen LogP contribution in [0.15, 0.2) is 60.7 Å². The zero-order valence-corrected chi connectivity index (χ0v) is 10.4. The summed E-state index contributed by atoms with van der Waals surface area (Å²) >= 11 is 0.583. The van der Waals surface area contributed by atoms with Gasteiger partial charge in [0, 0.05) is 0 Å². The maximum absolute atomic E-state index is 2.24. The van der Waals surface area contributed by atoms with Gasteiger partial charge in [-0.05, 0) is 0 Å². The van der Waals surface area contributed by atoms with Gasteiger partial charge in [-0.15, -0.1) is 0 Å². The third kappa shape index (κ3) is 11.4. The monoisotopic (exact) mass is 355 g/mol. The smallest absolute Gasteiger partial charge is 0.172 e. The fraction of sp³-hybridized carbons (Fsp3) is 0.167. The first kappa shape index (κ1) is 12.4. The average molecular weight is 355 g/mol. The van der Waals surface area contributed by atoms with Crippen LogP contribution in [0.25, 0.3) is 0 Å². The Hall–Kier alpha value is -0.612. The van der Waals surface area contributed by atoms with E-state index in [-0.39, 0.29) is 0 Å². The molecule has 0 aliphatic carbocycles. The van der Waals surface area contributed by atoms with Crippen LogP contribution in [0.5, 0.6) is 0 Å². The number of rotatable bonds is 0. The Morgan fingerprint density at radius 3 is 1.00 bits per heavy atom. The Labute approximate surface area is 89.9 Å². The maximum Gasteiger partial charge on any atom is -0.172 e. The Kier molecular flexibility index (Phi) is 10.9. The van der Waals surface area contributed by atoms with Crippen molar-refractivity contribution in [1.82, 2.24) is 0 Å². The summed E-state index contributed by atoms with van der Waals surface area (Å²) in [6, 6.07) is 20.0. The van der Waals surface area contributed by atoms with Crippen molar-refractivity contribution in [1.29, 1.82) is 0 Å². The molecule has 13 heavy (non-hydrogen) atoms. The van der Waals surface area contributed by atoms with Gasteiger partial charge in [0.25, 0.3) is 0 Å². The SMILES string of the molecule is [CH3][Pt+2][CH3].c1cc[cH-]c1.c1cc[cH-]c1. The van der Waals surface area contributed by atoms with Crippen LogP contribution in [0.4, 0.5) is 0 Å². The van der Waals surface area contributed by atoms with Gasteiger partial charge in [0.1, 0.15) is 0 Å². The van der Waals surface area contributed by atoms with Crippen LogP contribution < -0.4 is 0 Å². The molecule has 0 saturated carbocycles. The summed E-state index contributed by atoms with van der Waals surface area (Å²) < 4.78 is 0. The van der Waals surface area contributed by atoms with Crippen LogP contribution in [-0.4, -0.2) is 0 Å². The standard InChI is InChI=1S/2C5H5.2CH3.Pt/c2*1-2-4-5-3-1;;;/h2*1-5H;2*1H3;/q2*-1;;;+2. The van der Waals surface area contributed by atoms with Crippen LogP contribution in [0.2, 0.25) is 10.6 Å². The second-order valence-electron chi connectivity index (χ2n) is 2.24. The van der Waals surface area contributed by atoms with Crippen molar-refractivity contribution in [2.75, 3.05) is 0 Å². The molecule has 2 aromatic rings. The molecular formula is C12H16Pt. The second kappa shape index (κ2) is 11.4. The summed E-state index contributed by atoms with van der Waals surface area (Å²) in [4.78, 5) is 0. The van der Waals surface area contributed by atoms with Gasteiger partial charge >= 0.3 is 29.2 Å². The van der Waals surface area contributed by atoms with Crippen molar-refractivity contribution >= 4 is 0 Å². The van der Waals surface area contributed by atoms with E-state index < -0.39 is 0 Å². The van der Waals surface area contributed by atoms with Gasteiger partial charge in [-0.2, -0.15) is 36.4 Å². The quantitative estimate of drug-likeness (QED) is 0.627. The molecule has 0 heterocycles. The summed E-state index contributed by atoms with van der Waals surface area (Å²) in [6.45, 7) is 0. The van der Waals surface area contributed by atoms with Crippen molar-refractivity contribution in [2.24, 2.45) is 0 Å². The molecule has 1 heteroatoms. The third-order valence-corrected chi connectivity index (χ3v) is 1.11. The molecule has 0 nitrogen and oxygen atoms in total. The molecule has 0 spiro atoms. The first-order valence-corrected chi connectivity index (χ1v) is 8.51. The Morgan fingerprint density at radius 2 is 0.923 bits per heavy atom. The Balaban J connectivity index is 0.000000174. The van der Waals surface area contributed by atoms with Crippen LogP contribution in [0.1, 0.15) is 0 Å². The average Bonchev–Trinajstić information content (AvgIpc) is 2.85. The molecule has 0 bridgehead atoms. The molecule has 0 aromatic heterocycles. The van der Waals surface area contributed by atoms with Gasteiger partial charge in [-0.3, -0.25) is 0 Å². The predicted molar refractivity (Wildman–Crippen MR) is 55.8 cm³/mol. The fourth-order valence-corrected chi connectivity index (χ4v) is 0.642. The van der Waals surface area contributed by atoms with E-state index in [4.69, 9.17) is 0 Å². The maximum atomic E-state index is 2.24. The van der Waals surface area contributed by atoms with Crippen molar-refractivity contribution in [3.8, 4) is 0 Å². The zero-order chi connectivity index (χ0) is 9.78. The Morgan fingerprint density at radius 1 is 0.692 bits per heavy atom. The largest absolute Gasteiger partial charge is 0.214 e. The summed E-state index contributed by atoms with van der Waals surface area (Å²) in [5, 5.41) is 4.47. The molecule has 0 radical (unpaired) electrons. The van der Waals surface area contributed by atoms with Crippen molar-refractivity contribution in [3.05, 3.63) is 60.7 Å². The van der Waals surface area contributed by atoms with Crippen molar-refractivity contribution in [2.45, 2.75) is 10.6 Å². The first-order valence-electron chi connectivity index (χ1n) is 3.97. The van der Waals surface area contributed by atoms with Gasteiger partial charge in [-0.25, -0.2) is 24.3 Å². The van der Waals surface area contributed by atoms with Crippen LogP contribution in [0.3, 0.4) is 0 Å². The minimum absolute atomic E-state index is 0.583. The molecule has 0 fully saturated rings.